The third-order valence-electron chi connectivity index (χ3n) is 4.05. The van der Waals surface area contributed by atoms with E-state index >= 15 is 0 Å². The lowest BCUT2D eigenvalue weighted by Gasteiger charge is -2.20. The minimum Gasteiger partial charge on any atom is -0.373 e. The third kappa shape index (κ3) is 2.06. The summed E-state index contributed by atoms with van der Waals surface area (Å²) in [5.41, 5.74) is 0.966. The molecular formula is C14H17N5O. The van der Waals surface area contributed by atoms with Crippen LogP contribution in [0.25, 0.3) is 5.82 Å². The fourth-order valence-corrected chi connectivity index (χ4v) is 3.05. The van der Waals surface area contributed by atoms with E-state index in [2.05, 4.69) is 20.6 Å². The van der Waals surface area contributed by atoms with E-state index in [9.17, 15) is 0 Å². The highest BCUT2D eigenvalue weighted by atomic mass is 16.5. The standard InChI is InChI=1S/C14H17N5O/c1-9-6-7-19(18-9)14-5-4-13(16-17-14)15-11-8-10-2-3-12(11)20-10/h4-7,10-12H,2-3,8H2,1H3,(H,15,16)/t10-,11+,12-/m1/s1. The summed E-state index contributed by atoms with van der Waals surface area (Å²) in [6.45, 7) is 1.95. The van der Waals surface area contributed by atoms with Crippen molar-refractivity contribution in [3.63, 3.8) is 0 Å². The quantitative estimate of drug-likeness (QED) is 0.920. The molecule has 2 aromatic rings. The highest BCUT2D eigenvalue weighted by Crippen LogP contribution is 2.35. The lowest BCUT2D eigenvalue weighted by atomic mass is 9.95. The molecule has 4 heterocycles. The minimum absolute atomic E-state index is 0.343. The molecule has 2 aliphatic rings. The van der Waals surface area contributed by atoms with E-state index in [4.69, 9.17) is 4.74 Å². The molecule has 0 spiro atoms. The molecule has 0 radical (unpaired) electrons. The van der Waals surface area contributed by atoms with Gasteiger partial charge in [0.05, 0.1) is 23.9 Å². The van der Waals surface area contributed by atoms with E-state index in [1.807, 2.05) is 31.3 Å². The first-order chi connectivity index (χ1) is 9.78. The Labute approximate surface area is 117 Å². The molecule has 0 aromatic carbocycles. The van der Waals surface area contributed by atoms with Crippen molar-refractivity contribution in [3.8, 4) is 5.82 Å². The summed E-state index contributed by atoms with van der Waals surface area (Å²) in [5.74, 6) is 1.53. The summed E-state index contributed by atoms with van der Waals surface area (Å²) in [5, 5.41) is 16.2. The Morgan fingerprint density at radius 1 is 1.25 bits per heavy atom. The second kappa shape index (κ2) is 4.56. The molecule has 2 fully saturated rings. The molecule has 2 aliphatic heterocycles. The summed E-state index contributed by atoms with van der Waals surface area (Å²) in [4.78, 5) is 0. The molecule has 1 N–H and O–H groups in total. The summed E-state index contributed by atoms with van der Waals surface area (Å²) in [6.07, 6.45) is 6.10. The van der Waals surface area contributed by atoms with Gasteiger partial charge in [0.2, 0.25) is 0 Å². The predicted octanol–water partition coefficient (Wildman–Crippen LogP) is 1.70. The first kappa shape index (κ1) is 11.8. The average Bonchev–Trinajstić information content (AvgIpc) is 3.16. The topological polar surface area (TPSA) is 64.9 Å². The summed E-state index contributed by atoms with van der Waals surface area (Å²) in [7, 11) is 0. The van der Waals surface area contributed by atoms with Crippen LogP contribution in [0.5, 0.6) is 0 Å². The van der Waals surface area contributed by atoms with Gasteiger partial charge in [0.15, 0.2) is 5.82 Å². The van der Waals surface area contributed by atoms with Gasteiger partial charge in [0.25, 0.3) is 0 Å². The molecule has 2 bridgehead atoms. The van der Waals surface area contributed by atoms with Crippen LogP contribution in [-0.4, -0.2) is 38.2 Å². The van der Waals surface area contributed by atoms with Crippen molar-refractivity contribution in [2.24, 2.45) is 0 Å². The zero-order valence-electron chi connectivity index (χ0n) is 11.4. The van der Waals surface area contributed by atoms with Crippen LogP contribution in [0.15, 0.2) is 24.4 Å². The zero-order chi connectivity index (χ0) is 13.5. The maximum atomic E-state index is 5.83. The first-order valence-corrected chi connectivity index (χ1v) is 7.06. The molecule has 4 rings (SSSR count). The summed E-state index contributed by atoms with van der Waals surface area (Å²) < 4.78 is 7.56. The lowest BCUT2D eigenvalue weighted by molar-refractivity contribution is 0.102. The van der Waals surface area contributed by atoms with E-state index in [1.165, 1.54) is 6.42 Å². The Bertz CT molecular complexity index is 608. The van der Waals surface area contributed by atoms with Crippen LogP contribution in [0.2, 0.25) is 0 Å². The van der Waals surface area contributed by atoms with Gasteiger partial charge in [0, 0.05) is 6.20 Å². The van der Waals surface area contributed by atoms with Crippen LogP contribution in [-0.2, 0) is 4.74 Å². The molecule has 6 nitrogen and oxygen atoms in total. The second-order valence-corrected chi connectivity index (χ2v) is 5.54. The van der Waals surface area contributed by atoms with E-state index in [0.29, 0.717) is 18.2 Å². The van der Waals surface area contributed by atoms with Crippen molar-refractivity contribution in [1.29, 1.82) is 0 Å². The van der Waals surface area contributed by atoms with Crippen molar-refractivity contribution in [3.05, 3.63) is 30.1 Å². The molecule has 0 unspecified atom stereocenters. The molecule has 0 saturated carbocycles. The molecule has 3 atom stereocenters. The number of fused-ring (bicyclic) bond motifs is 2. The second-order valence-electron chi connectivity index (χ2n) is 5.54. The highest BCUT2D eigenvalue weighted by Gasteiger charge is 2.40. The van der Waals surface area contributed by atoms with Gasteiger partial charge < -0.3 is 10.1 Å². The molecule has 2 aromatic heterocycles. The number of anilines is 1. The Balaban J connectivity index is 1.47. The van der Waals surface area contributed by atoms with E-state index in [1.54, 1.807) is 4.68 Å². The molecule has 6 heteroatoms. The van der Waals surface area contributed by atoms with E-state index in [0.717, 1.165) is 30.2 Å². The number of rotatable bonds is 3. The fraction of sp³-hybridized carbons (Fsp3) is 0.500. The predicted molar refractivity (Wildman–Crippen MR) is 73.8 cm³/mol. The molecule has 2 saturated heterocycles. The number of ether oxygens (including phenoxy) is 1. The number of nitrogens with one attached hydrogen (secondary N) is 1. The first-order valence-electron chi connectivity index (χ1n) is 7.06. The number of hydrogen-bond acceptors (Lipinski definition) is 5. The fourth-order valence-electron chi connectivity index (χ4n) is 3.05. The minimum atomic E-state index is 0.343. The number of nitrogens with zero attached hydrogens (tertiary/aromatic N) is 4. The monoisotopic (exact) mass is 271 g/mol. The van der Waals surface area contributed by atoms with Crippen LogP contribution < -0.4 is 5.32 Å². The Kier molecular flexibility index (Phi) is 2.70. The maximum absolute atomic E-state index is 5.83. The van der Waals surface area contributed by atoms with Crippen LogP contribution in [0.4, 0.5) is 5.82 Å². The number of aryl methyl sites for hydroxylation is 1. The third-order valence-corrected chi connectivity index (χ3v) is 4.05. The Hall–Kier alpha value is -1.95. The zero-order valence-corrected chi connectivity index (χ0v) is 11.4. The average molecular weight is 271 g/mol. The molecule has 104 valence electrons. The van der Waals surface area contributed by atoms with Crippen LogP contribution >= 0.6 is 0 Å². The summed E-state index contributed by atoms with van der Waals surface area (Å²) >= 11 is 0. The normalized spacial score (nSPS) is 27.9. The van der Waals surface area contributed by atoms with Gasteiger partial charge in [0.1, 0.15) is 5.82 Å². The SMILES string of the molecule is Cc1ccn(-c2ccc(N[C@H]3C[C@H]4CC[C@H]3O4)nn2)n1. The highest BCUT2D eigenvalue weighted by molar-refractivity contribution is 5.38. The van der Waals surface area contributed by atoms with Crippen molar-refractivity contribution in [2.45, 2.75) is 44.4 Å². The van der Waals surface area contributed by atoms with Gasteiger partial charge in [-0.3, -0.25) is 0 Å². The maximum Gasteiger partial charge on any atom is 0.175 e. The van der Waals surface area contributed by atoms with Crippen molar-refractivity contribution >= 4 is 5.82 Å². The van der Waals surface area contributed by atoms with Crippen LogP contribution in [0, 0.1) is 6.92 Å². The van der Waals surface area contributed by atoms with Crippen molar-refractivity contribution in [2.75, 3.05) is 5.32 Å². The van der Waals surface area contributed by atoms with Crippen LogP contribution in [0.3, 0.4) is 0 Å². The van der Waals surface area contributed by atoms with Gasteiger partial charge in [-0.15, -0.1) is 10.2 Å². The molecule has 20 heavy (non-hydrogen) atoms. The molecule has 0 aliphatic carbocycles. The van der Waals surface area contributed by atoms with Crippen molar-refractivity contribution in [1.82, 2.24) is 20.0 Å². The largest absolute Gasteiger partial charge is 0.373 e. The number of hydrogen-bond donors (Lipinski definition) is 1. The van der Waals surface area contributed by atoms with E-state index < -0.39 is 0 Å². The summed E-state index contributed by atoms with van der Waals surface area (Å²) in [6, 6.07) is 6.20. The van der Waals surface area contributed by atoms with Gasteiger partial charge in [-0.05, 0) is 44.4 Å². The molecular weight excluding hydrogens is 254 g/mol. The smallest absolute Gasteiger partial charge is 0.175 e. The van der Waals surface area contributed by atoms with Gasteiger partial charge >= 0.3 is 0 Å². The Morgan fingerprint density at radius 3 is 2.80 bits per heavy atom. The van der Waals surface area contributed by atoms with Gasteiger partial charge in [-0.1, -0.05) is 0 Å². The van der Waals surface area contributed by atoms with Crippen molar-refractivity contribution < 1.29 is 4.74 Å². The number of aromatic nitrogens is 4. The Morgan fingerprint density at radius 2 is 2.20 bits per heavy atom. The molecule has 0 amide bonds. The van der Waals surface area contributed by atoms with Crippen LogP contribution in [0.1, 0.15) is 25.0 Å². The van der Waals surface area contributed by atoms with Gasteiger partial charge in [-0.25, -0.2) is 4.68 Å². The van der Waals surface area contributed by atoms with E-state index in [-0.39, 0.29) is 0 Å². The van der Waals surface area contributed by atoms with Gasteiger partial charge in [-0.2, -0.15) is 5.10 Å². The lowest BCUT2D eigenvalue weighted by Crippen LogP contribution is -2.30.